The SMILES string of the molecule is CCOC(=O)[C@@H](NNC(=O)OCc1ccccc1)c1ccccc1.CCOC(=O)[C@@H](NNC(=O)OCc1ccccc1)c1ccccc1. The van der Waals surface area contributed by atoms with Crippen LogP contribution in [0.1, 0.15) is 48.2 Å². The van der Waals surface area contributed by atoms with Gasteiger partial charge in [-0.15, -0.1) is 0 Å². The zero-order valence-corrected chi connectivity index (χ0v) is 26.8. The summed E-state index contributed by atoms with van der Waals surface area (Å²) in [5.74, 6) is -0.959. The third kappa shape index (κ3) is 13.3. The van der Waals surface area contributed by atoms with E-state index in [1.54, 1.807) is 62.4 Å². The molecule has 0 spiro atoms. The summed E-state index contributed by atoms with van der Waals surface area (Å²) in [6, 6.07) is 35.0. The smallest absolute Gasteiger partial charge is 0.421 e. The average molecular weight is 657 g/mol. The normalized spacial score (nSPS) is 11.4. The van der Waals surface area contributed by atoms with Gasteiger partial charge < -0.3 is 18.9 Å². The number of amides is 2. The fourth-order valence-corrected chi connectivity index (χ4v) is 4.08. The Balaban J connectivity index is 0.000000260. The van der Waals surface area contributed by atoms with Gasteiger partial charge in [0, 0.05) is 0 Å². The fraction of sp³-hybridized carbons (Fsp3) is 0.222. The number of nitrogens with one attached hydrogen (secondary N) is 4. The molecule has 252 valence electrons. The lowest BCUT2D eigenvalue weighted by atomic mass is 10.1. The Morgan fingerprint density at radius 1 is 0.479 bits per heavy atom. The van der Waals surface area contributed by atoms with E-state index in [9.17, 15) is 19.2 Å². The molecule has 0 radical (unpaired) electrons. The van der Waals surface area contributed by atoms with Gasteiger partial charge in [0.2, 0.25) is 0 Å². The summed E-state index contributed by atoms with van der Waals surface area (Å²) >= 11 is 0. The van der Waals surface area contributed by atoms with Crippen LogP contribution in [0.15, 0.2) is 121 Å². The molecule has 4 rings (SSSR count). The molecule has 0 saturated heterocycles. The van der Waals surface area contributed by atoms with Crippen LogP contribution in [0.2, 0.25) is 0 Å². The highest BCUT2D eigenvalue weighted by Gasteiger charge is 2.23. The monoisotopic (exact) mass is 656 g/mol. The molecule has 2 amide bonds. The Labute approximate surface area is 279 Å². The van der Waals surface area contributed by atoms with Gasteiger partial charge in [0.15, 0.2) is 0 Å². The van der Waals surface area contributed by atoms with Crippen molar-refractivity contribution >= 4 is 24.1 Å². The number of esters is 2. The summed E-state index contributed by atoms with van der Waals surface area (Å²) < 4.78 is 20.2. The zero-order valence-electron chi connectivity index (χ0n) is 26.8. The summed E-state index contributed by atoms with van der Waals surface area (Å²) in [7, 11) is 0. The first-order valence-electron chi connectivity index (χ1n) is 15.3. The predicted molar refractivity (Wildman–Crippen MR) is 177 cm³/mol. The van der Waals surface area contributed by atoms with Crippen LogP contribution in [0.3, 0.4) is 0 Å². The molecule has 48 heavy (non-hydrogen) atoms. The second kappa shape index (κ2) is 21.1. The Bertz CT molecular complexity index is 1410. The number of hydrogen-bond donors (Lipinski definition) is 4. The minimum atomic E-state index is -0.810. The zero-order chi connectivity index (χ0) is 34.4. The van der Waals surface area contributed by atoms with Crippen molar-refractivity contribution in [1.82, 2.24) is 21.7 Å². The molecule has 2 atom stereocenters. The number of benzene rings is 4. The quantitative estimate of drug-likeness (QED) is 0.0784. The Hall–Kier alpha value is -5.72. The standard InChI is InChI=1S/2C18H20N2O4/c2*1-2-23-17(21)16(15-11-7-4-8-12-15)19-20-18(22)24-13-14-9-5-3-6-10-14/h2*3-12,16,19H,2,13H2,1H3,(H,20,22)/t2*16-/m00/s1. The van der Waals surface area contributed by atoms with Crippen molar-refractivity contribution in [2.75, 3.05) is 13.2 Å². The highest BCUT2D eigenvalue weighted by atomic mass is 16.6. The molecule has 0 aliphatic carbocycles. The first-order valence-corrected chi connectivity index (χ1v) is 15.3. The molecule has 0 aliphatic heterocycles. The average Bonchev–Trinajstić information content (AvgIpc) is 3.12. The number of hydrogen-bond acceptors (Lipinski definition) is 10. The van der Waals surface area contributed by atoms with Gasteiger partial charge in [0.25, 0.3) is 0 Å². The largest absolute Gasteiger partial charge is 0.465 e. The van der Waals surface area contributed by atoms with E-state index in [1.165, 1.54) is 0 Å². The molecule has 12 heteroatoms. The lowest BCUT2D eigenvalue weighted by Crippen LogP contribution is -2.43. The summed E-state index contributed by atoms with van der Waals surface area (Å²) in [5, 5.41) is 0. The van der Waals surface area contributed by atoms with E-state index in [2.05, 4.69) is 21.7 Å². The van der Waals surface area contributed by atoms with Crippen LogP contribution in [0.5, 0.6) is 0 Å². The number of ether oxygens (including phenoxy) is 4. The molecule has 0 unspecified atom stereocenters. The van der Waals surface area contributed by atoms with E-state index >= 15 is 0 Å². The van der Waals surface area contributed by atoms with E-state index in [0.717, 1.165) is 11.1 Å². The van der Waals surface area contributed by atoms with E-state index in [4.69, 9.17) is 18.9 Å². The molecule has 4 aromatic rings. The van der Waals surface area contributed by atoms with Crippen LogP contribution in [-0.2, 0) is 41.8 Å². The van der Waals surface area contributed by atoms with Crippen molar-refractivity contribution in [3.8, 4) is 0 Å². The maximum atomic E-state index is 12.1. The van der Waals surface area contributed by atoms with Crippen molar-refractivity contribution < 1.29 is 38.1 Å². The third-order valence-corrected chi connectivity index (χ3v) is 6.37. The van der Waals surface area contributed by atoms with E-state index < -0.39 is 36.2 Å². The summed E-state index contributed by atoms with van der Waals surface area (Å²) in [6.07, 6.45) is -1.35. The van der Waals surface area contributed by atoms with Crippen molar-refractivity contribution in [2.24, 2.45) is 0 Å². The number of carbonyl (C=O) groups is 4. The molecule has 4 aromatic carbocycles. The van der Waals surface area contributed by atoms with E-state index in [-0.39, 0.29) is 26.4 Å². The molecule has 12 nitrogen and oxygen atoms in total. The van der Waals surface area contributed by atoms with Gasteiger partial charge in [-0.1, -0.05) is 121 Å². The predicted octanol–water partition coefficient (Wildman–Crippen LogP) is 5.44. The van der Waals surface area contributed by atoms with Gasteiger partial charge in [-0.3, -0.25) is 10.9 Å². The van der Waals surface area contributed by atoms with Crippen molar-refractivity contribution in [3.63, 3.8) is 0 Å². The van der Waals surface area contributed by atoms with Crippen molar-refractivity contribution in [2.45, 2.75) is 39.1 Å². The molecule has 0 bridgehead atoms. The summed E-state index contributed by atoms with van der Waals surface area (Å²) in [6.45, 7) is 4.24. The van der Waals surface area contributed by atoms with Gasteiger partial charge in [0.1, 0.15) is 25.3 Å². The first-order chi connectivity index (χ1) is 23.4. The second-order valence-corrected chi connectivity index (χ2v) is 9.85. The maximum absolute atomic E-state index is 12.1. The van der Waals surface area contributed by atoms with Gasteiger partial charge in [-0.25, -0.2) is 30.0 Å². The Kier molecular flexibility index (Phi) is 16.2. The highest BCUT2D eigenvalue weighted by Crippen LogP contribution is 2.15. The Morgan fingerprint density at radius 3 is 1.10 bits per heavy atom. The Morgan fingerprint density at radius 2 is 0.792 bits per heavy atom. The van der Waals surface area contributed by atoms with Gasteiger partial charge >= 0.3 is 24.1 Å². The number of carbonyl (C=O) groups excluding carboxylic acids is 4. The van der Waals surface area contributed by atoms with Crippen LogP contribution in [0, 0.1) is 0 Å². The minimum Gasteiger partial charge on any atom is -0.465 e. The molecular formula is C36H40N4O8. The number of hydrazine groups is 2. The summed E-state index contributed by atoms with van der Waals surface area (Å²) in [5.41, 5.74) is 13.2. The van der Waals surface area contributed by atoms with Crippen LogP contribution in [-0.4, -0.2) is 37.3 Å². The molecule has 0 heterocycles. The molecule has 0 fully saturated rings. The highest BCUT2D eigenvalue weighted by molar-refractivity contribution is 5.79. The molecule has 4 N–H and O–H groups in total. The minimum absolute atomic E-state index is 0.143. The van der Waals surface area contributed by atoms with Gasteiger partial charge in [-0.2, -0.15) is 0 Å². The lowest BCUT2D eigenvalue weighted by molar-refractivity contribution is -0.147. The molecule has 0 aliphatic rings. The van der Waals surface area contributed by atoms with Gasteiger partial charge in [0.05, 0.1) is 13.2 Å². The molecule has 0 saturated carbocycles. The topological polar surface area (TPSA) is 153 Å². The first kappa shape index (κ1) is 36.7. The van der Waals surface area contributed by atoms with Gasteiger partial charge in [-0.05, 0) is 36.1 Å². The number of rotatable bonds is 14. The van der Waals surface area contributed by atoms with Crippen LogP contribution < -0.4 is 21.7 Å². The third-order valence-electron chi connectivity index (χ3n) is 6.37. The van der Waals surface area contributed by atoms with Crippen molar-refractivity contribution in [3.05, 3.63) is 144 Å². The second-order valence-electron chi connectivity index (χ2n) is 9.85. The lowest BCUT2D eigenvalue weighted by Gasteiger charge is -2.18. The van der Waals surface area contributed by atoms with Crippen LogP contribution >= 0.6 is 0 Å². The van der Waals surface area contributed by atoms with Crippen LogP contribution in [0.4, 0.5) is 9.59 Å². The van der Waals surface area contributed by atoms with E-state index in [0.29, 0.717) is 11.1 Å². The molecular weight excluding hydrogens is 616 g/mol. The van der Waals surface area contributed by atoms with Crippen LogP contribution in [0.25, 0.3) is 0 Å². The maximum Gasteiger partial charge on any atom is 0.421 e. The summed E-state index contributed by atoms with van der Waals surface area (Å²) in [4.78, 5) is 47.7. The van der Waals surface area contributed by atoms with E-state index in [1.807, 2.05) is 72.8 Å². The van der Waals surface area contributed by atoms with Crippen molar-refractivity contribution in [1.29, 1.82) is 0 Å². The fourth-order valence-electron chi connectivity index (χ4n) is 4.08. The molecule has 0 aromatic heterocycles.